The van der Waals surface area contributed by atoms with Crippen molar-refractivity contribution >= 4 is 23.8 Å². The molecule has 0 aliphatic carbocycles. The Balaban J connectivity index is 1.61. The number of fused-ring (bicyclic) bond motifs is 1. The quantitative estimate of drug-likeness (QED) is 0.566. The number of nitrogens with zero attached hydrogens (tertiary/aromatic N) is 3. The summed E-state index contributed by atoms with van der Waals surface area (Å²) in [4.78, 5) is 34.6. The van der Waals surface area contributed by atoms with Crippen LogP contribution in [0, 0.1) is 6.92 Å². The fourth-order valence-electron chi connectivity index (χ4n) is 3.23. The van der Waals surface area contributed by atoms with Crippen molar-refractivity contribution in [1.29, 1.82) is 0 Å². The molecule has 0 fully saturated rings. The molecule has 0 saturated carbocycles. The lowest BCUT2D eigenvalue weighted by Crippen LogP contribution is -2.37. The third-order valence-corrected chi connectivity index (χ3v) is 4.75. The van der Waals surface area contributed by atoms with Crippen LogP contribution in [0.3, 0.4) is 0 Å². The molecule has 0 bridgehead atoms. The Hall–Kier alpha value is -2.97. The number of nitrogens with one attached hydrogen (secondary N) is 2. The minimum atomic E-state index is -0.289. The number of hydrogen-bond acceptors (Lipinski definition) is 5. The van der Waals surface area contributed by atoms with Crippen LogP contribution in [0.5, 0.6) is 0 Å². The van der Waals surface area contributed by atoms with E-state index in [9.17, 15) is 9.59 Å². The molecule has 2 N–H and O–H groups in total. The summed E-state index contributed by atoms with van der Waals surface area (Å²) in [5, 5.41) is 7.02. The normalized spacial score (nSPS) is 13.5. The molecule has 0 spiro atoms. The van der Waals surface area contributed by atoms with Crippen LogP contribution >= 0.6 is 0 Å². The number of aromatic nitrogens is 1. The molecular formula is C20H25N5O3. The molecule has 1 aliphatic heterocycles. The molecule has 2 heterocycles. The van der Waals surface area contributed by atoms with Gasteiger partial charge in [-0.2, -0.15) is 0 Å². The molecule has 1 aliphatic rings. The predicted octanol–water partition coefficient (Wildman–Crippen LogP) is 2.41. The summed E-state index contributed by atoms with van der Waals surface area (Å²) in [6.07, 6.45) is 3.14. The van der Waals surface area contributed by atoms with Crippen LogP contribution in [-0.2, 0) is 22.6 Å². The van der Waals surface area contributed by atoms with Gasteiger partial charge < -0.3 is 10.6 Å². The molecular weight excluding hydrogens is 358 g/mol. The van der Waals surface area contributed by atoms with Gasteiger partial charge in [-0.1, -0.05) is 12.1 Å². The third-order valence-electron chi connectivity index (χ3n) is 4.75. The zero-order valence-electron chi connectivity index (χ0n) is 16.1. The highest BCUT2D eigenvalue weighted by Crippen LogP contribution is 2.26. The van der Waals surface area contributed by atoms with Gasteiger partial charge in [0.25, 0.3) is 0 Å². The number of carbonyl (C=O) groups is 2. The van der Waals surface area contributed by atoms with Gasteiger partial charge in [-0.15, -0.1) is 0 Å². The summed E-state index contributed by atoms with van der Waals surface area (Å²) in [7, 11) is 1.48. The van der Waals surface area contributed by atoms with Crippen molar-refractivity contribution in [3.05, 3.63) is 53.3 Å². The van der Waals surface area contributed by atoms with Crippen LogP contribution < -0.4 is 10.6 Å². The number of anilines is 2. The zero-order chi connectivity index (χ0) is 19.9. The maximum absolute atomic E-state index is 12.3. The zero-order valence-corrected chi connectivity index (χ0v) is 16.1. The fourth-order valence-corrected chi connectivity index (χ4v) is 3.23. The maximum Gasteiger partial charge on any atom is 0.323 e. The second kappa shape index (κ2) is 9.29. The van der Waals surface area contributed by atoms with E-state index < -0.39 is 0 Å². The van der Waals surface area contributed by atoms with Crippen LogP contribution in [0.25, 0.3) is 0 Å². The Kier molecular flexibility index (Phi) is 6.57. The molecule has 1 aromatic carbocycles. The van der Waals surface area contributed by atoms with Crippen molar-refractivity contribution in [2.45, 2.75) is 19.9 Å². The monoisotopic (exact) mass is 383 g/mol. The van der Waals surface area contributed by atoms with Gasteiger partial charge in [-0.25, -0.2) is 9.86 Å². The molecule has 2 aromatic rings. The summed E-state index contributed by atoms with van der Waals surface area (Å²) in [6.45, 7) is 4.76. The minimum absolute atomic E-state index is 0.289. The van der Waals surface area contributed by atoms with E-state index in [0.29, 0.717) is 18.6 Å². The predicted molar refractivity (Wildman–Crippen MR) is 107 cm³/mol. The lowest BCUT2D eigenvalue weighted by molar-refractivity contribution is -0.161. The van der Waals surface area contributed by atoms with E-state index >= 15 is 0 Å². The standard InChI is InChI=1S/C20H25N5O3/c1-15-6-7-17(12-21-15)22-20(27)23-19-5-3-4-16-13-24(9-8-18(16)19)10-11-25(14-26)28-2/h3-7,12,14H,8-11,13H2,1-2H3,(H2,22,23,27). The number of aryl methyl sites for hydroxylation is 1. The summed E-state index contributed by atoms with van der Waals surface area (Å²) < 4.78 is 0. The van der Waals surface area contributed by atoms with Gasteiger partial charge >= 0.3 is 6.03 Å². The number of carbonyl (C=O) groups excluding carboxylic acids is 2. The van der Waals surface area contributed by atoms with Crippen LogP contribution in [-0.4, -0.2) is 54.1 Å². The van der Waals surface area contributed by atoms with E-state index in [1.165, 1.54) is 17.7 Å². The lowest BCUT2D eigenvalue weighted by atomic mass is 9.97. The highest BCUT2D eigenvalue weighted by Gasteiger charge is 2.20. The van der Waals surface area contributed by atoms with Gasteiger partial charge in [-0.3, -0.25) is 19.5 Å². The van der Waals surface area contributed by atoms with Gasteiger partial charge in [0, 0.05) is 31.0 Å². The molecule has 8 heteroatoms. The number of urea groups is 1. The van der Waals surface area contributed by atoms with Gasteiger partial charge in [0.05, 0.1) is 25.5 Å². The summed E-state index contributed by atoms with van der Waals surface area (Å²) in [6, 6.07) is 9.32. The molecule has 0 radical (unpaired) electrons. The van der Waals surface area contributed by atoms with E-state index in [1.54, 1.807) is 6.20 Å². The first-order chi connectivity index (χ1) is 13.6. The van der Waals surface area contributed by atoms with Crippen molar-refractivity contribution in [1.82, 2.24) is 14.9 Å². The SMILES string of the molecule is CON(C=O)CCN1CCc2c(cccc2NC(=O)Nc2ccc(C)nc2)C1. The Morgan fingerprint density at radius 1 is 1.32 bits per heavy atom. The second-order valence-electron chi connectivity index (χ2n) is 6.67. The number of pyridine rings is 1. The number of rotatable bonds is 7. The Morgan fingerprint density at radius 3 is 2.89 bits per heavy atom. The van der Waals surface area contributed by atoms with Crippen molar-refractivity contribution in [3.8, 4) is 0 Å². The average Bonchev–Trinajstić information content (AvgIpc) is 2.70. The van der Waals surface area contributed by atoms with Crippen LogP contribution in [0.1, 0.15) is 16.8 Å². The molecule has 8 nitrogen and oxygen atoms in total. The van der Waals surface area contributed by atoms with E-state index in [2.05, 4.69) is 26.6 Å². The van der Waals surface area contributed by atoms with E-state index in [-0.39, 0.29) is 6.03 Å². The highest BCUT2D eigenvalue weighted by atomic mass is 16.7. The van der Waals surface area contributed by atoms with Crippen LogP contribution in [0.15, 0.2) is 36.5 Å². The van der Waals surface area contributed by atoms with E-state index in [1.807, 2.05) is 31.2 Å². The first-order valence-corrected chi connectivity index (χ1v) is 9.19. The Morgan fingerprint density at radius 2 is 2.18 bits per heavy atom. The van der Waals surface area contributed by atoms with Crippen molar-refractivity contribution in [3.63, 3.8) is 0 Å². The van der Waals surface area contributed by atoms with Crippen molar-refractivity contribution < 1.29 is 14.4 Å². The molecule has 28 heavy (non-hydrogen) atoms. The van der Waals surface area contributed by atoms with Crippen LogP contribution in [0.4, 0.5) is 16.2 Å². The topological polar surface area (TPSA) is 86.8 Å². The summed E-state index contributed by atoms with van der Waals surface area (Å²) in [5.74, 6) is 0. The maximum atomic E-state index is 12.3. The van der Waals surface area contributed by atoms with E-state index in [4.69, 9.17) is 4.84 Å². The summed E-state index contributed by atoms with van der Waals surface area (Å²) in [5.41, 5.74) is 4.69. The average molecular weight is 383 g/mol. The fraction of sp³-hybridized carbons (Fsp3) is 0.350. The summed E-state index contributed by atoms with van der Waals surface area (Å²) >= 11 is 0. The van der Waals surface area contributed by atoms with Crippen molar-refractivity contribution in [2.75, 3.05) is 37.4 Å². The Labute approximate surface area is 164 Å². The van der Waals surface area contributed by atoms with Gasteiger partial charge in [0.15, 0.2) is 0 Å². The number of benzene rings is 1. The highest BCUT2D eigenvalue weighted by molar-refractivity contribution is 6.00. The molecule has 3 amide bonds. The largest absolute Gasteiger partial charge is 0.323 e. The van der Waals surface area contributed by atoms with Crippen LogP contribution in [0.2, 0.25) is 0 Å². The number of hydroxylamine groups is 2. The minimum Gasteiger partial charge on any atom is -0.307 e. The van der Waals surface area contributed by atoms with Crippen molar-refractivity contribution in [2.24, 2.45) is 0 Å². The molecule has 0 saturated heterocycles. The number of hydrogen-bond donors (Lipinski definition) is 2. The molecule has 0 atom stereocenters. The Bertz CT molecular complexity index is 825. The first kappa shape index (κ1) is 19.8. The molecule has 0 unspecified atom stereocenters. The lowest BCUT2D eigenvalue weighted by Gasteiger charge is -2.31. The number of amides is 3. The van der Waals surface area contributed by atoms with Gasteiger partial charge in [0.2, 0.25) is 6.41 Å². The first-order valence-electron chi connectivity index (χ1n) is 9.19. The second-order valence-corrected chi connectivity index (χ2v) is 6.67. The smallest absolute Gasteiger partial charge is 0.307 e. The molecule has 148 valence electrons. The van der Waals surface area contributed by atoms with E-state index in [0.717, 1.165) is 43.0 Å². The molecule has 1 aromatic heterocycles. The molecule has 3 rings (SSSR count). The van der Waals surface area contributed by atoms with Gasteiger partial charge in [-0.05, 0) is 42.7 Å². The van der Waals surface area contributed by atoms with Gasteiger partial charge in [0.1, 0.15) is 0 Å². The third kappa shape index (κ3) is 5.05.